The van der Waals surface area contributed by atoms with Crippen molar-refractivity contribution in [3.63, 3.8) is 0 Å². The molecule has 0 saturated carbocycles. The molecule has 0 aromatic carbocycles. The van der Waals surface area contributed by atoms with E-state index in [9.17, 15) is 4.79 Å². The molecule has 0 N–H and O–H groups in total. The molecule has 0 fully saturated rings. The quantitative estimate of drug-likeness (QED) is 0.778. The second-order valence-corrected chi connectivity index (χ2v) is 6.01. The first-order chi connectivity index (χ1) is 8.36. The van der Waals surface area contributed by atoms with Crippen LogP contribution in [0, 0.1) is 12.3 Å². The Hall–Kier alpha value is -0.900. The van der Waals surface area contributed by atoms with Gasteiger partial charge in [0.1, 0.15) is 0 Å². The Balaban J connectivity index is 2.51. The van der Waals surface area contributed by atoms with E-state index in [1.165, 1.54) is 12.7 Å². The molecule has 4 heteroatoms. The standard InChI is InChI=1S/C14H20BrNO2/c1-10-8-11(16-9-12(10)15)6-5-7-14(2,3)13(17)18-4/h8-9H,5-7H2,1-4H3. The molecular weight excluding hydrogens is 294 g/mol. The lowest BCUT2D eigenvalue weighted by atomic mass is 9.87. The van der Waals surface area contributed by atoms with Crippen LogP contribution < -0.4 is 0 Å². The molecular formula is C14H20BrNO2. The summed E-state index contributed by atoms with van der Waals surface area (Å²) in [4.78, 5) is 15.9. The maximum absolute atomic E-state index is 11.5. The number of ether oxygens (including phenoxy) is 1. The molecule has 0 atom stereocenters. The van der Waals surface area contributed by atoms with Crippen molar-refractivity contribution in [3.8, 4) is 0 Å². The first-order valence-electron chi connectivity index (χ1n) is 6.06. The predicted molar refractivity (Wildman–Crippen MR) is 75.4 cm³/mol. The number of halogens is 1. The monoisotopic (exact) mass is 313 g/mol. The summed E-state index contributed by atoms with van der Waals surface area (Å²) in [6.45, 7) is 5.88. The highest BCUT2D eigenvalue weighted by Gasteiger charge is 2.27. The SMILES string of the molecule is COC(=O)C(C)(C)CCCc1cc(C)c(Br)cn1. The van der Waals surface area contributed by atoms with Gasteiger partial charge in [-0.05, 0) is 67.6 Å². The number of aryl methyl sites for hydroxylation is 2. The van der Waals surface area contributed by atoms with E-state index in [1.54, 1.807) is 0 Å². The van der Waals surface area contributed by atoms with Crippen molar-refractivity contribution in [2.45, 2.75) is 40.0 Å². The highest BCUT2D eigenvalue weighted by atomic mass is 79.9. The molecule has 0 unspecified atom stereocenters. The molecule has 0 spiro atoms. The van der Waals surface area contributed by atoms with Crippen LogP contribution in [-0.2, 0) is 16.0 Å². The van der Waals surface area contributed by atoms with Crippen LogP contribution in [0.3, 0.4) is 0 Å². The summed E-state index contributed by atoms with van der Waals surface area (Å²) in [5.74, 6) is -0.151. The molecule has 1 rings (SSSR count). The number of hydrogen-bond donors (Lipinski definition) is 0. The summed E-state index contributed by atoms with van der Waals surface area (Å²) in [6.07, 6.45) is 4.44. The van der Waals surface area contributed by atoms with Gasteiger partial charge in [0.25, 0.3) is 0 Å². The fourth-order valence-corrected chi connectivity index (χ4v) is 2.04. The molecule has 0 saturated heterocycles. The third kappa shape index (κ3) is 4.09. The first kappa shape index (κ1) is 15.2. The van der Waals surface area contributed by atoms with E-state index < -0.39 is 5.41 Å². The molecule has 3 nitrogen and oxygen atoms in total. The molecule has 0 radical (unpaired) electrons. The highest BCUT2D eigenvalue weighted by molar-refractivity contribution is 9.10. The van der Waals surface area contributed by atoms with E-state index in [4.69, 9.17) is 4.74 Å². The lowest BCUT2D eigenvalue weighted by molar-refractivity contribution is -0.151. The van der Waals surface area contributed by atoms with Gasteiger partial charge in [0.2, 0.25) is 0 Å². The Morgan fingerprint density at radius 2 is 2.17 bits per heavy atom. The van der Waals surface area contributed by atoms with Crippen LogP contribution in [0.1, 0.15) is 37.9 Å². The third-order valence-corrected chi connectivity index (χ3v) is 3.91. The predicted octanol–water partition coefficient (Wildman–Crippen LogP) is 3.67. The summed E-state index contributed by atoms with van der Waals surface area (Å²) in [5, 5.41) is 0. The normalized spacial score (nSPS) is 11.4. The molecule has 1 aromatic rings. The zero-order chi connectivity index (χ0) is 13.8. The lowest BCUT2D eigenvalue weighted by Crippen LogP contribution is -2.25. The van der Waals surface area contributed by atoms with E-state index in [2.05, 4.69) is 27.0 Å². The number of carbonyl (C=O) groups excluding carboxylic acids is 1. The molecule has 100 valence electrons. The largest absolute Gasteiger partial charge is 0.469 e. The van der Waals surface area contributed by atoms with E-state index in [1.807, 2.05) is 27.0 Å². The topological polar surface area (TPSA) is 39.2 Å². The lowest BCUT2D eigenvalue weighted by Gasteiger charge is -2.20. The van der Waals surface area contributed by atoms with Gasteiger partial charge in [-0.3, -0.25) is 9.78 Å². The van der Waals surface area contributed by atoms with Crippen molar-refractivity contribution in [3.05, 3.63) is 28.0 Å². The van der Waals surface area contributed by atoms with Gasteiger partial charge in [0.05, 0.1) is 12.5 Å². The zero-order valence-electron chi connectivity index (χ0n) is 11.4. The number of hydrogen-bond acceptors (Lipinski definition) is 3. The van der Waals surface area contributed by atoms with Crippen molar-refractivity contribution in [2.75, 3.05) is 7.11 Å². The van der Waals surface area contributed by atoms with Crippen LogP contribution in [0.15, 0.2) is 16.7 Å². The van der Waals surface area contributed by atoms with Gasteiger partial charge in [-0.1, -0.05) is 0 Å². The average molecular weight is 314 g/mol. The summed E-state index contributed by atoms with van der Waals surface area (Å²) in [6, 6.07) is 2.08. The Labute approximate surface area is 117 Å². The number of aromatic nitrogens is 1. The molecule has 1 aromatic heterocycles. The van der Waals surface area contributed by atoms with Crippen molar-refractivity contribution in [1.82, 2.24) is 4.98 Å². The van der Waals surface area contributed by atoms with Crippen molar-refractivity contribution >= 4 is 21.9 Å². The Morgan fingerprint density at radius 3 is 2.72 bits per heavy atom. The smallest absolute Gasteiger partial charge is 0.311 e. The van der Waals surface area contributed by atoms with Crippen molar-refractivity contribution in [1.29, 1.82) is 0 Å². The Morgan fingerprint density at radius 1 is 1.50 bits per heavy atom. The summed E-state index contributed by atoms with van der Waals surface area (Å²) in [7, 11) is 1.43. The van der Waals surface area contributed by atoms with Gasteiger partial charge < -0.3 is 4.74 Å². The van der Waals surface area contributed by atoms with Crippen LogP contribution in [0.2, 0.25) is 0 Å². The number of pyridine rings is 1. The zero-order valence-corrected chi connectivity index (χ0v) is 13.0. The van der Waals surface area contributed by atoms with Crippen molar-refractivity contribution in [2.24, 2.45) is 5.41 Å². The van der Waals surface area contributed by atoms with Gasteiger partial charge >= 0.3 is 5.97 Å². The highest BCUT2D eigenvalue weighted by Crippen LogP contribution is 2.25. The van der Waals surface area contributed by atoms with E-state index in [0.29, 0.717) is 0 Å². The molecule has 0 amide bonds. The number of carbonyl (C=O) groups is 1. The van der Waals surface area contributed by atoms with Gasteiger partial charge in [-0.2, -0.15) is 0 Å². The minimum Gasteiger partial charge on any atom is -0.469 e. The van der Waals surface area contributed by atoms with Gasteiger partial charge in [-0.15, -0.1) is 0 Å². The third-order valence-electron chi connectivity index (χ3n) is 3.08. The minimum atomic E-state index is -0.418. The van der Waals surface area contributed by atoms with E-state index in [-0.39, 0.29) is 5.97 Å². The van der Waals surface area contributed by atoms with Gasteiger partial charge in [-0.25, -0.2) is 0 Å². The molecule has 0 bridgehead atoms. The van der Waals surface area contributed by atoms with Crippen LogP contribution in [0.5, 0.6) is 0 Å². The van der Waals surface area contributed by atoms with E-state index >= 15 is 0 Å². The number of rotatable bonds is 5. The van der Waals surface area contributed by atoms with Crippen LogP contribution in [-0.4, -0.2) is 18.1 Å². The Bertz CT molecular complexity index is 430. The van der Waals surface area contributed by atoms with Gasteiger partial charge in [0, 0.05) is 16.4 Å². The first-order valence-corrected chi connectivity index (χ1v) is 6.85. The maximum atomic E-state index is 11.5. The summed E-state index contributed by atoms with van der Waals surface area (Å²) in [5.41, 5.74) is 1.84. The average Bonchev–Trinajstić information content (AvgIpc) is 2.32. The fraction of sp³-hybridized carbons (Fsp3) is 0.571. The second kappa shape index (κ2) is 6.32. The van der Waals surface area contributed by atoms with Crippen LogP contribution in [0.4, 0.5) is 0 Å². The number of nitrogens with zero attached hydrogens (tertiary/aromatic N) is 1. The van der Waals surface area contributed by atoms with Crippen LogP contribution in [0.25, 0.3) is 0 Å². The maximum Gasteiger partial charge on any atom is 0.311 e. The molecule has 0 aliphatic carbocycles. The van der Waals surface area contributed by atoms with Gasteiger partial charge in [0.15, 0.2) is 0 Å². The number of methoxy groups -OCH3 is 1. The van der Waals surface area contributed by atoms with Crippen LogP contribution >= 0.6 is 15.9 Å². The van der Waals surface area contributed by atoms with E-state index in [0.717, 1.165) is 29.4 Å². The fourth-order valence-electron chi connectivity index (χ4n) is 1.82. The Kier molecular flexibility index (Phi) is 5.32. The summed E-state index contributed by atoms with van der Waals surface area (Å²) < 4.78 is 5.82. The number of esters is 1. The van der Waals surface area contributed by atoms with Crippen molar-refractivity contribution < 1.29 is 9.53 Å². The second-order valence-electron chi connectivity index (χ2n) is 5.15. The molecule has 0 aliphatic heterocycles. The summed E-state index contributed by atoms with van der Waals surface area (Å²) >= 11 is 3.43. The molecule has 1 heterocycles. The molecule has 0 aliphatic rings. The minimum absolute atomic E-state index is 0.151. The molecule has 18 heavy (non-hydrogen) atoms.